The number of hydrogen-bond donors (Lipinski definition) is 2. The van der Waals surface area contributed by atoms with Gasteiger partial charge in [-0.25, -0.2) is 0 Å². The first-order chi connectivity index (χ1) is 14.0. The molecule has 0 radical (unpaired) electrons. The van der Waals surface area contributed by atoms with Crippen LogP contribution in [0, 0.1) is 0 Å². The van der Waals surface area contributed by atoms with Gasteiger partial charge in [-0.3, -0.25) is 23.8 Å². The van der Waals surface area contributed by atoms with Gasteiger partial charge in [0.25, 0.3) is 27.9 Å². The molecule has 0 saturated carbocycles. The Kier molecular flexibility index (Phi) is 7.53. The Morgan fingerprint density at radius 2 is 1.83 bits per heavy atom. The first-order valence-corrected chi connectivity index (χ1v) is 11.3. The van der Waals surface area contributed by atoms with Gasteiger partial charge in [-0.05, 0) is 6.07 Å². The number of anilines is 1. The summed E-state index contributed by atoms with van der Waals surface area (Å²) in [7, 11) is -4.24. The van der Waals surface area contributed by atoms with E-state index in [0.717, 1.165) is 23.6 Å². The number of para-hydroxylation sites is 1. The highest BCUT2D eigenvalue weighted by Crippen LogP contribution is 2.44. The number of carboxylic acids is 1. The highest BCUT2D eigenvalue weighted by molar-refractivity contribution is 8.26. The van der Waals surface area contributed by atoms with E-state index in [2.05, 4.69) is 6.58 Å². The molecule has 2 heterocycles. The predicted octanol–water partition coefficient (Wildman–Crippen LogP) is 1.77. The molecule has 0 unspecified atom stereocenters. The quantitative estimate of drug-likeness (QED) is 0.286. The summed E-state index contributed by atoms with van der Waals surface area (Å²) in [5, 5.41) is 7.42. The van der Waals surface area contributed by atoms with Crippen LogP contribution in [0.5, 0.6) is 0 Å². The molecule has 1 aromatic carbocycles. The summed E-state index contributed by atoms with van der Waals surface area (Å²) < 4.78 is 31.0. The molecule has 1 aromatic rings. The fraction of sp³-hybridized carbons (Fsp3) is 0.222. The summed E-state index contributed by atoms with van der Waals surface area (Å²) >= 11 is 6.11. The van der Waals surface area contributed by atoms with Crippen molar-refractivity contribution in [2.75, 3.05) is 23.7 Å². The van der Waals surface area contributed by atoms with Gasteiger partial charge in [0.2, 0.25) is 0 Å². The van der Waals surface area contributed by atoms with Crippen molar-refractivity contribution in [2.45, 2.75) is 6.92 Å². The van der Waals surface area contributed by atoms with Crippen LogP contribution >= 0.6 is 24.0 Å². The van der Waals surface area contributed by atoms with Crippen molar-refractivity contribution in [3.63, 3.8) is 0 Å². The molecule has 0 atom stereocenters. The molecule has 2 amide bonds. The molecule has 0 aliphatic carbocycles. The molecule has 160 valence electrons. The number of carbonyl (C=O) groups is 3. The van der Waals surface area contributed by atoms with Crippen LogP contribution in [0.1, 0.15) is 12.5 Å². The van der Waals surface area contributed by atoms with E-state index in [1.165, 1.54) is 4.90 Å². The SMILES string of the molecule is C=CCN1C(=O)C(=C2SC(=S)N(CCS(=O)(=O)O)C2=O)c2ccccc21.CC(=O)O. The number of nitrogens with zero attached hydrogens (tertiary/aromatic N) is 2. The van der Waals surface area contributed by atoms with Crippen LogP contribution in [0.2, 0.25) is 0 Å². The Morgan fingerprint density at radius 3 is 2.40 bits per heavy atom. The van der Waals surface area contributed by atoms with Gasteiger partial charge in [0, 0.05) is 25.6 Å². The van der Waals surface area contributed by atoms with Crippen molar-refractivity contribution < 1.29 is 32.5 Å². The second-order valence-electron chi connectivity index (χ2n) is 6.06. The summed E-state index contributed by atoms with van der Waals surface area (Å²) in [6.07, 6.45) is 1.59. The van der Waals surface area contributed by atoms with Gasteiger partial charge in [0.1, 0.15) is 4.32 Å². The van der Waals surface area contributed by atoms with Gasteiger partial charge < -0.3 is 10.0 Å². The van der Waals surface area contributed by atoms with E-state index in [1.807, 2.05) is 0 Å². The lowest BCUT2D eigenvalue weighted by molar-refractivity contribution is -0.134. The number of hydrogen-bond acceptors (Lipinski definition) is 7. The zero-order valence-corrected chi connectivity index (χ0v) is 18.2. The van der Waals surface area contributed by atoms with E-state index in [1.54, 1.807) is 30.3 Å². The number of thiocarbonyl (C=S) groups is 1. The second-order valence-corrected chi connectivity index (χ2v) is 9.27. The van der Waals surface area contributed by atoms with E-state index in [0.29, 0.717) is 17.8 Å². The van der Waals surface area contributed by atoms with E-state index in [4.69, 9.17) is 26.7 Å². The summed E-state index contributed by atoms with van der Waals surface area (Å²) in [5.74, 6) is -2.33. The molecule has 1 saturated heterocycles. The zero-order chi connectivity index (χ0) is 22.6. The predicted molar refractivity (Wildman–Crippen MR) is 118 cm³/mol. The minimum Gasteiger partial charge on any atom is -0.481 e. The highest BCUT2D eigenvalue weighted by atomic mass is 32.2. The summed E-state index contributed by atoms with van der Waals surface area (Å²) in [5.41, 5.74) is 1.54. The molecular formula is C18H18N2O7S3. The van der Waals surface area contributed by atoms with Gasteiger partial charge in [-0.1, -0.05) is 48.3 Å². The van der Waals surface area contributed by atoms with Crippen LogP contribution < -0.4 is 4.90 Å². The molecule has 0 bridgehead atoms. The maximum atomic E-state index is 12.9. The first kappa shape index (κ1) is 23.7. The molecule has 12 heteroatoms. The molecule has 2 N–H and O–H groups in total. The number of carboxylic acid groups (broad SMARTS) is 1. The molecular weight excluding hydrogens is 452 g/mol. The van der Waals surface area contributed by atoms with Crippen molar-refractivity contribution in [3.05, 3.63) is 47.4 Å². The number of amides is 2. The van der Waals surface area contributed by atoms with Gasteiger partial charge >= 0.3 is 0 Å². The van der Waals surface area contributed by atoms with Crippen LogP contribution in [0.3, 0.4) is 0 Å². The summed E-state index contributed by atoms with van der Waals surface area (Å²) in [4.78, 5) is 37.4. The van der Waals surface area contributed by atoms with Crippen molar-refractivity contribution in [1.29, 1.82) is 0 Å². The fourth-order valence-corrected chi connectivity index (χ4v) is 4.55. The summed E-state index contributed by atoms with van der Waals surface area (Å²) in [6, 6.07) is 7.09. The number of fused-ring (bicyclic) bond motifs is 1. The number of aliphatic carboxylic acids is 1. The first-order valence-electron chi connectivity index (χ1n) is 8.42. The Balaban J connectivity index is 0.000000735. The minimum atomic E-state index is -4.24. The number of carbonyl (C=O) groups excluding carboxylic acids is 2. The molecule has 2 aliphatic heterocycles. The maximum Gasteiger partial charge on any atom is 0.300 e. The molecule has 1 fully saturated rings. The summed E-state index contributed by atoms with van der Waals surface area (Å²) in [6.45, 7) is 4.75. The van der Waals surface area contributed by atoms with E-state index in [-0.39, 0.29) is 27.3 Å². The number of benzene rings is 1. The molecule has 0 aromatic heterocycles. The van der Waals surface area contributed by atoms with Crippen LogP contribution in [0.15, 0.2) is 41.8 Å². The highest BCUT2D eigenvalue weighted by Gasteiger charge is 2.41. The zero-order valence-electron chi connectivity index (χ0n) is 15.8. The standard InChI is InChI=1S/C16H14N2O5S3.C2H4O2/c1-2-7-17-11-6-4-3-5-10(11)12(14(17)19)13-15(20)18(16(24)25-13)8-9-26(21,22)23;1-2(3)4/h2-6H,1,7-9H2,(H,21,22,23);1H3,(H,3,4). The van der Waals surface area contributed by atoms with Gasteiger partial charge in [-0.15, -0.1) is 6.58 Å². The van der Waals surface area contributed by atoms with Crippen molar-refractivity contribution >= 4 is 67.5 Å². The largest absolute Gasteiger partial charge is 0.481 e. The average molecular weight is 471 g/mol. The van der Waals surface area contributed by atoms with Crippen molar-refractivity contribution in [2.24, 2.45) is 0 Å². The molecule has 3 rings (SSSR count). The van der Waals surface area contributed by atoms with Gasteiger partial charge in [0.15, 0.2) is 0 Å². The van der Waals surface area contributed by atoms with Crippen LogP contribution in [-0.4, -0.2) is 63.9 Å². The monoisotopic (exact) mass is 470 g/mol. The lowest BCUT2D eigenvalue weighted by atomic mass is 10.1. The lowest BCUT2D eigenvalue weighted by Crippen LogP contribution is -2.33. The third kappa shape index (κ3) is 5.33. The Labute approximate surface area is 182 Å². The Bertz CT molecular complexity index is 1060. The Hall–Kier alpha value is -2.54. The molecule has 30 heavy (non-hydrogen) atoms. The van der Waals surface area contributed by atoms with Crippen molar-refractivity contribution in [3.8, 4) is 0 Å². The topological polar surface area (TPSA) is 132 Å². The third-order valence-corrected chi connectivity index (χ3v) is 6.03. The van der Waals surface area contributed by atoms with E-state index >= 15 is 0 Å². The lowest BCUT2D eigenvalue weighted by Gasteiger charge is -2.14. The Morgan fingerprint density at radius 1 is 1.23 bits per heavy atom. The van der Waals surface area contributed by atoms with Gasteiger partial charge in [0.05, 0.1) is 21.9 Å². The third-order valence-electron chi connectivity index (χ3n) is 3.88. The van der Waals surface area contributed by atoms with E-state index in [9.17, 15) is 18.0 Å². The molecule has 2 aliphatic rings. The molecule has 0 spiro atoms. The second kappa shape index (κ2) is 9.51. The van der Waals surface area contributed by atoms with Crippen LogP contribution in [-0.2, 0) is 24.5 Å². The van der Waals surface area contributed by atoms with Gasteiger partial charge in [-0.2, -0.15) is 8.42 Å². The number of rotatable bonds is 5. The molecule has 9 nitrogen and oxygen atoms in total. The minimum absolute atomic E-state index is 0.147. The number of thioether (sulfide) groups is 1. The normalized spacial score (nSPS) is 18.3. The van der Waals surface area contributed by atoms with Crippen LogP contribution in [0.4, 0.5) is 5.69 Å². The van der Waals surface area contributed by atoms with Crippen molar-refractivity contribution in [1.82, 2.24) is 4.90 Å². The van der Waals surface area contributed by atoms with Crippen LogP contribution in [0.25, 0.3) is 5.57 Å². The fourth-order valence-electron chi connectivity index (χ4n) is 2.76. The average Bonchev–Trinajstić information content (AvgIpc) is 3.06. The maximum absolute atomic E-state index is 12.9. The van der Waals surface area contributed by atoms with E-state index < -0.39 is 27.7 Å². The smallest absolute Gasteiger partial charge is 0.300 e.